The van der Waals surface area contributed by atoms with Gasteiger partial charge >= 0.3 is 5.97 Å². The van der Waals surface area contributed by atoms with Crippen LogP contribution in [0.1, 0.15) is 180 Å². The van der Waals surface area contributed by atoms with Crippen LogP contribution in [-0.4, -0.2) is 51.6 Å². The standard InChI is InChI=1S/C40H71NO4S2/c1-6-8-10-12-14-16-18-20-22-24-26-41(27-25-23-21-19-17-15-13-11-9-7-2)37(42)32-47-31-35-28-34(30-46-33-38(43)44)29-36(39(35)45)40(3,4)5/h28-29,45H,6-27,30-33H2,1-5H3,(H,43,44). The molecule has 47 heavy (non-hydrogen) atoms. The molecule has 0 spiro atoms. The quantitative estimate of drug-likeness (QED) is 0.0781. The van der Waals surface area contributed by atoms with Gasteiger partial charge in [0.1, 0.15) is 5.75 Å². The minimum atomic E-state index is -0.820. The molecule has 0 aliphatic carbocycles. The van der Waals surface area contributed by atoms with Gasteiger partial charge in [-0.15, -0.1) is 23.5 Å². The second kappa shape index (κ2) is 27.5. The summed E-state index contributed by atoms with van der Waals surface area (Å²) in [6.45, 7) is 12.5. The first-order valence-electron chi connectivity index (χ1n) is 19.1. The molecule has 0 radical (unpaired) electrons. The van der Waals surface area contributed by atoms with Gasteiger partial charge in [0, 0.05) is 30.2 Å². The van der Waals surface area contributed by atoms with Gasteiger partial charge in [0.05, 0.1) is 11.5 Å². The number of hydrogen-bond acceptors (Lipinski definition) is 5. The summed E-state index contributed by atoms with van der Waals surface area (Å²) in [6, 6.07) is 3.99. The Morgan fingerprint density at radius 1 is 0.638 bits per heavy atom. The van der Waals surface area contributed by atoms with Gasteiger partial charge in [0.15, 0.2) is 0 Å². The normalized spacial score (nSPS) is 11.7. The highest BCUT2D eigenvalue weighted by atomic mass is 32.2. The molecule has 0 saturated carbocycles. The van der Waals surface area contributed by atoms with Crippen molar-refractivity contribution in [2.45, 2.75) is 180 Å². The number of phenolic OH excluding ortho intramolecular Hbond substituents is 1. The second-order valence-corrected chi connectivity index (χ2v) is 16.5. The lowest BCUT2D eigenvalue weighted by Crippen LogP contribution is -2.34. The van der Waals surface area contributed by atoms with E-state index in [4.69, 9.17) is 5.11 Å². The summed E-state index contributed by atoms with van der Waals surface area (Å²) >= 11 is 2.94. The van der Waals surface area contributed by atoms with Crippen LogP contribution < -0.4 is 0 Å². The maximum absolute atomic E-state index is 13.5. The topological polar surface area (TPSA) is 77.8 Å². The molecule has 2 N–H and O–H groups in total. The monoisotopic (exact) mass is 693 g/mol. The average Bonchev–Trinajstić information content (AvgIpc) is 3.02. The lowest BCUT2D eigenvalue weighted by molar-refractivity contribution is -0.134. The molecule has 7 heteroatoms. The zero-order chi connectivity index (χ0) is 34.8. The average molecular weight is 694 g/mol. The molecule has 1 aromatic carbocycles. The summed E-state index contributed by atoms with van der Waals surface area (Å²) in [5.41, 5.74) is 2.48. The smallest absolute Gasteiger partial charge is 0.313 e. The van der Waals surface area contributed by atoms with E-state index in [0.717, 1.165) is 42.6 Å². The molecule has 0 bridgehead atoms. The first kappa shape index (κ1) is 43.7. The molecule has 0 aliphatic rings. The van der Waals surface area contributed by atoms with Crippen LogP contribution in [0.3, 0.4) is 0 Å². The molecule has 0 aromatic heterocycles. The Balaban J connectivity index is 2.66. The molecular weight excluding hydrogens is 623 g/mol. The third kappa shape index (κ3) is 22.1. The predicted octanol–water partition coefficient (Wildman–Crippen LogP) is 11.9. The van der Waals surface area contributed by atoms with Crippen molar-refractivity contribution >= 4 is 35.4 Å². The number of unbranched alkanes of at least 4 members (excludes halogenated alkanes) is 18. The Morgan fingerprint density at radius 3 is 1.49 bits per heavy atom. The Morgan fingerprint density at radius 2 is 1.06 bits per heavy atom. The van der Waals surface area contributed by atoms with Crippen molar-refractivity contribution in [1.82, 2.24) is 4.90 Å². The number of carboxylic acids is 1. The number of rotatable bonds is 30. The van der Waals surface area contributed by atoms with Crippen molar-refractivity contribution in [3.05, 3.63) is 28.8 Å². The zero-order valence-electron chi connectivity index (χ0n) is 31.0. The molecule has 272 valence electrons. The Hall–Kier alpha value is -1.34. The van der Waals surface area contributed by atoms with Gasteiger partial charge in [-0.3, -0.25) is 9.59 Å². The Labute approximate surface area is 298 Å². The van der Waals surface area contributed by atoms with Crippen molar-refractivity contribution in [1.29, 1.82) is 0 Å². The highest BCUT2D eigenvalue weighted by Crippen LogP contribution is 2.37. The van der Waals surface area contributed by atoms with Crippen molar-refractivity contribution < 1.29 is 19.8 Å². The largest absolute Gasteiger partial charge is 0.507 e. The summed E-state index contributed by atoms with van der Waals surface area (Å²) in [6.07, 6.45) is 25.9. The SMILES string of the molecule is CCCCCCCCCCCCN(CCCCCCCCCCCC)C(=O)CSCc1cc(CSCC(=O)O)cc(C(C)(C)C)c1O. The minimum absolute atomic E-state index is 0.0538. The van der Waals surface area contributed by atoms with Crippen LogP contribution in [0, 0.1) is 0 Å². The fourth-order valence-corrected chi connectivity index (χ4v) is 7.64. The third-order valence-corrected chi connectivity index (χ3v) is 10.9. The molecular formula is C40H71NO4S2. The van der Waals surface area contributed by atoms with E-state index in [0.29, 0.717) is 23.0 Å². The highest BCUT2D eigenvalue weighted by Gasteiger charge is 2.22. The van der Waals surface area contributed by atoms with Gasteiger partial charge < -0.3 is 15.1 Å². The van der Waals surface area contributed by atoms with Crippen LogP contribution in [0.2, 0.25) is 0 Å². The predicted molar refractivity (Wildman–Crippen MR) is 207 cm³/mol. The molecule has 5 nitrogen and oxygen atoms in total. The summed E-state index contributed by atoms with van der Waals surface area (Å²) in [5, 5.41) is 20.2. The van der Waals surface area contributed by atoms with E-state index < -0.39 is 5.97 Å². The van der Waals surface area contributed by atoms with E-state index in [1.807, 2.05) is 12.1 Å². The van der Waals surface area contributed by atoms with E-state index >= 15 is 0 Å². The van der Waals surface area contributed by atoms with E-state index in [1.54, 1.807) is 11.8 Å². The maximum Gasteiger partial charge on any atom is 0.313 e. The minimum Gasteiger partial charge on any atom is -0.507 e. The number of hydrogen-bond donors (Lipinski definition) is 2. The highest BCUT2D eigenvalue weighted by molar-refractivity contribution is 7.99. The van der Waals surface area contributed by atoms with Crippen LogP contribution in [0.5, 0.6) is 5.75 Å². The molecule has 1 amide bonds. The number of phenols is 1. The van der Waals surface area contributed by atoms with Gasteiger partial charge in [-0.05, 0) is 29.4 Å². The summed E-state index contributed by atoms with van der Waals surface area (Å²) in [7, 11) is 0. The summed E-state index contributed by atoms with van der Waals surface area (Å²) in [5.74, 6) is 1.30. The van der Waals surface area contributed by atoms with Crippen LogP contribution in [-0.2, 0) is 26.5 Å². The molecule has 1 aromatic rings. The Kier molecular flexibility index (Phi) is 25.5. The van der Waals surface area contributed by atoms with Crippen molar-refractivity contribution in [3.63, 3.8) is 0 Å². The van der Waals surface area contributed by atoms with Crippen LogP contribution in [0.25, 0.3) is 0 Å². The van der Waals surface area contributed by atoms with Crippen LogP contribution in [0.4, 0.5) is 0 Å². The number of benzene rings is 1. The van der Waals surface area contributed by atoms with E-state index in [-0.39, 0.29) is 17.1 Å². The van der Waals surface area contributed by atoms with Crippen molar-refractivity contribution in [2.75, 3.05) is 24.6 Å². The lowest BCUT2D eigenvalue weighted by atomic mass is 9.84. The van der Waals surface area contributed by atoms with E-state index in [2.05, 4.69) is 39.5 Å². The first-order chi connectivity index (χ1) is 22.6. The lowest BCUT2D eigenvalue weighted by Gasteiger charge is -2.24. The molecule has 0 saturated heterocycles. The molecule has 0 heterocycles. The van der Waals surface area contributed by atoms with Gasteiger partial charge in [-0.25, -0.2) is 0 Å². The summed E-state index contributed by atoms with van der Waals surface area (Å²) < 4.78 is 0. The number of carbonyl (C=O) groups is 2. The third-order valence-electron chi connectivity index (χ3n) is 8.95. The van der Waals surface area contributed by atoms with Gasteiger partial charge in [0.25, 0.3) is 0 Å². The number of aliphatic carboxylic acids is 1. The fraction of sp³-hybridized carbons (Fsp3) is 0.800. The molecule has 0 unspecified atom stereocenters. The number of amides is 1. The van der Waals surface area contributed by atoms with Crippen LogP contribution in [0.15, 0.2) is 12.1 Å². The van der Waals surface area contributed by atoms with Crippen LogP contribution >= 0.6 is 23.5 Å². The Bertz CT molecular complexity index is 938. The van der Waals surface area contributed by atoms with Gasteiger partial charge in [-0.2, -0.15) is 0 Å². The second-order valence-electron chi connectivity index (χ2n) is 14.5. The number of carboxylic acid groups (broad SMARTS) is 1. The number of nitrogens with zero attached hydrogens (tertiary/aromatic N) is 1. The van der Waals surface area contributed by atoms with Crippen molar-refractivity contribution in [2.24, 2.45) is 0 Å². The van der Waals surface area contributed by atoms with Crippen molar-refractivity contribution in [3.8, 4) is 5.75 Å². The van der Waals surface area contributed by atoms with Gasteiger partial charge in [0.2, 0.25) is 5.91 Å². The van der Waals surface area contributed by atoms with Gasteiger partial charge in [-0.1, -0.05) is 162 Å². The molecule has 1 rings (SSSR count). The number of thioether (sulfide) groups is 2. The fourth-order valence-electron chi connectivity index (χ4n) is 6.06. The first-order valence-corrected chi connectivity index (χ1v) is 21.4. The number of carbonyl (C=O) groups excluding carboxylic acids is 1. The number of aromatic hydroxyl groups is 1. The van der Waals surface area contributed by atoms with E-state index in [9.17, 15) is 14.7 Å². The maximum atomic E-state index is 13.5. The molecule has 0 atom stereocenters. The van der Waals surface area contributed by atoms with E-state index in [1.165, 1.54) is 127 Å². The summed E-state index contributed by atoms with van der Waals surface area (Å²) in [4.78, 5) is 26.6. The zero-order valence-corrected chi connectivity index (χ0v) is 32.6. The molecule has 0 fully saturated rings. The molecule has 0 aliphatic heterocycles.